The average molecular weight is 401 g/mol. The van der Waals surface area contributed by atoms with Crippen molar-refractivity contribution in [1.82, 2.24) is 0 Å². The van der Waals surface area contributed by atoms with Crippen LogP contribution in [0.5, 0.6) is 0 Å². The Labute approximate surface area is 167 Å². The van der Waals surface area contributed by atoms with Gasteiger partial charge in [-0.2, -0.15) is 0 Å². The maximum Gasteiger partial charge on any atom is 0.200 e. The highest BCUT2D eigenvalue weighted by Gasteiger charge is 2.45. The van der Waals surface area contributed by atoms with Crippen LogP contribution in [0.15, 0.2) is 12.2 Å². The molecule has 0 aliphatic heterocycles. The molecule has 26 heavy (non-hydrogen) atoms. The predicted molar refractivity (Wildman–Crippen MR) is 123 cm³/mol. The number of rotatable bonds is 12. The first kappa shape index (κ1) is 26.1. The van der Waals surface area contributed by atoms with Crippen LogP contribution in [0, 0.1) is 0 Å². The molecule has 0 unspecified atom stereocenters. The third-order valence-electron chi connectivity index (χ3n) is 6.44. The molecule has 156 valence electrons. The second kappa shape index (κ2) is 11.2. The van der Waals surface area contributed by atoms with E-state index in [2.05, 4.69) is 95.2 Å². The molecule has 0 bridgehead atoms. The van der Waals surface area contributed by atoms with Crippen LogP contribution in [0.3, 0.4) is 0 Å². The first-order valence-electron chi connectivity index (χ1n) is 10.8. The summed E-state index contributed by atoms with van der Waals surface area (Å²) in [4.78, 5) is 0. The normalized spacial score (nSPS) is 14.4. The van der Waals surface area contributed by atoms with Crippen LogP contribution in [0.1, 0.15) is 83.1 Å². The van der Waals surface area contributed by atoms with E-state index in [9.17, 15) is 0 Å². The summed E-state index contributed by atoms with van der Waals surface area (Å²) in [5.41, 5.74) is 3.81. The van der Waals surface area contributed by atoms with Crippen molar-refractivity contribution in [3.8, 4) is 0 Å². The van der Waals surface area contributed by atoms with Crippen LogP contribution in [0.25, 0.3) is 0 Å². The fourth-order valence-corrected chi connectivity index (χ4v) is 16.3. The third-order valence-corrected chi connectivity index (χ3v) is 18.6. The lowest BCUT2D eigenvalue weighted by Crippen LogP contribution is -2.48. The minimum absolute atomic E-state index is 0.634. The smallest absolute Gasteiger partial charge is 0.200 e. The zero-order chi connectivity index (χ0) is 20.7. The molecule has 0 spiro atoms. The van der Waals surface area contributed by atoms with Crippen LogP contribution < -0.4 is 0 Å². The first-order chi connectivity index (χ1) is 11.9. The highest BCUT2D eigenvalue weighted by Crippen LogP contribution is 2.43. The molecule has 0 amide bonds. The SMILES string of the molecule is CC(C)[Si](OCC=CCO[Si](C(C)C)(C(C)C)C(C)C)(C(C)C)C(C)C. The Bertz CT molecular complexity index is 331. The molecule has 0 heterocycles. The Balaban J connectivity index is 4.91. The molecular formula is C22H48O2Si2. The fraction of sp³-hybridized carbons (Fsp3) is 0.909. The highest BCUT2D eigenvalue weighted by atomic mass is 28.4. The molecule has 0 radical (unpaired) electrons. The Hall–Kier alpha value is 0.0938. The van der Waals surface area contributed by atoms with E-state index in [1.807, 2.05) is 0 Å². The molecule has 0 aromatic heterocycles. The second-order valence-electron chi connectivity index (χ2n) is 9.73. The molecule has 0 saturated heterocycles. The van der Waals surface area contributed by atoms with E-state index in [-0.39, 0.29) is 0 Å². The number of hydrogen-bond donors (Lipinski definition) is 0. The van der Waals surface area contributed by atoms with E-state index in [1.54, 1.807) is 0 Å². The fourth-order valence-electron chi connectivity index (χ4n) is 5.52. The van der Waals surface area contributed by atoms with Gasteiger partial charge in [-0.1, -0.05) is 95.2 Å². The topological polar surface area (TPSA) is 18.5 Å². The summed E-state index contributed by atoms with van der Waals surface area (Å²) < 4.78 is 13.2. The van der Waals surface area contributed by atoms with Crippen LogP contribution in [-0.2, 0) is 8.85 Å². The largest absolute Gasteiger partial charge is 0.412 e. The van der Waals surface area contributed by atoms with Gasteiger partial charge in [0, 0.05) is 0 Å². The zero-order valence-corrected chi connectivity index (χ0v) is 21.8. The van der Waals surface area contributed by atoms with Gasteiger partial charge in [0.15, 0.2) is 0 Å². The first-order valence-corrected chi connectivity index (χ1v) is 15.1. The molecule has 0 aromatic rings. The summed E-state index contributed by atoms with van der Waals surface area (Å²) in [7, 11) is -3.52. The van der Waals surface area contributed by atoms with Crippen LogP contribution >= 0.6 is 0 Å². The van der Waals surface area contributed by atoms with Crippen molar-refractivity contribution >= 4 is 16.6 Å². The van der Waals surface area contributed by atoms with E-state index in [0.717, 1.165) is 13.2 Å². The number of hydrogen-bond acceptors (Lipinski definition) is 2. The van der Waals surface area contributed by atoms with E-state index >= 15 is 0 Å². The van der Waals surface area contributed by atoms with E-state index in [0.29, 0.717) is 33.2 Å². The van der Waals surface area contributed by atoms with Crippen LogP contribution in [-0.4, -0.2) is 29.8 Å². The predicted octanol–water partition coefficient (Wildman–Crippen LogP) is 7.93. The quantitative estimate of drug-likeness (QED) is 0.244. The molecule has 0 saturated carbocycles. The van der Waals surface area contributed by atoms with Gasteiger partial charge in [-0.05, 0) is 33.2 Å². The van der Waals surface area contributed by atoms with Gasteiger partial charge >= 0.3 is 0 Å². The maximum atomic E-state index is 6.60. The summed E-state index contributed by atoms with van der Waals surface area (Å²) in [6.07, 6.45) is 4.38. The van der Waals surface area contributed by atoms with Gasteiger partial charge in [0.1, 0.15) is 0 Å². The molecule has 0 fully saturated rings. The standard InChI is InChI=1S/C22H48O2Si2/c1-17(2)25(18(3)4,19(5)6)23-15-13-14-16-24-26(20(7)8,21(9)10)22(11)12/h13-14,17-22H,15-16H2,1-12H3. The minimum Gasteiger partial charge on any atom is -0.412 e. The van der Waals surface area contributed by atoms with Gasteiger partial charge in [0.25, 0.3) is 0 Å². The summed E-state index contributed by atoms with van der Waals surface area (Å²) in [6, 6.07) is 0. The Morgan fingerprint density at radius 2 is 0.654 bits per heavy atom. The Morgan fingerprint density at radius 3 is 0.808 bits per heavy atom. The molecule has 0 rings (SSSR count). The zero-order valence-electron chi connectivity index (χ0n) is 19.8. The summed E-state index contributed by atoms with van der Waals surface area (Å²) >= 11 is 0. The van der Waals surface area contributed by atoms with E-state index in [4.69, 9.17) is 8.85 Å². The molecule has 0 atom stereocenters. The maximum absolute atomic E-state index is 6.60. The lowest BCUT2D eigenvalue weighted by molar-refractivity contribution is 0.305. The molecule has 0 aliphatic carbocycles. The Kier molecular flexibility index (Phi) is 11.2. The lowest BCUT2D eigenvalue weighted by atomic mass is 10.5. The van der Waals surface area contributed by atoms with Crippen molar-refractivity contribution < 1.29 is 8.85 Å². The summed E-state index contributed by atoms with van der Waals surface area (Å²) in [5, 5.41) is 0. The summed E-state index contributed by atoms with van der Waals surface area (Å²) in [5.74, 6) is 0. The molecule has 2 nitrogen and oxygen atoms in total. The van der Waals surface area contributed by atoms with Gasteiger partial charge in [-0.25, -0.2) is 0 Å². The second-order valence-corrected chi connectivity index (χ2v) is 20.6. The molecule has 0 aromatic carbocycles. The van der Waals surface area contributed by atoms with Crippen molar-refractivity contribution in [2.75, 3.05) is 13.2 Å². The molecular weight excluding hydrogens is 352 g/mol. The third kappa shape index (κ3) is 5.79. The molecule has 0 aliphatic rings. The average Bonchev–Trinajstić information content (AvgIpc) is 2.47. The van der Waals surface area contributed by atoms with Crippen molar-refractivity contribution in [3.05, 3.63) is 12.2 Å². The minimum atomic E-state index is -1.76. The van der Waals surface area contributed by atoms with Crippen molar-refractivity contribution in [1.29, 1.82) is 0 Å². The van der Waals surface area contributed by atoms with Gasteiger partial charge in [0.05, 0.1) is 13.2 Å². The highest BCUT2D eigenvalue weighted by molar-refractivity contribution is 6.78. The lowest BCUT2D eigenvalue weighted by Gasteiger charge is -2.42. The van der Waals surface area contributed by atoms with Gasteiger partial charge in [-0.15, -0.1) is 0 Å². The Morgan fingerprint density at radius 1 is 0.462 bits per heavy atom. The van der Waals surface area contributed by atoms with Crippen molar-refractivity contribution in [3.63, 3.8) is 0 Å². The van der Waals surface area contributed by atoms with Crippen LogP contribution in [0.2, 0.25) is 33.2 Å². The van der Waals surface area contributed by atoms with Gasteiger partial charge in [-0.3, -0.25) is 0 Å². The summed E-state index contributed by atoms with van der Waals surface area (Å²) in [6.45, 7) is 29.5. The monoisotopic (exact) mass is 400 g/mol. The van der Waals surface area contributed by atoms with Crippen molar-refractivity contribution in [2.45, 2.75) is 116 Å². The molecule has 4 heteroatoms. The van der Waals surface area contributed by atoms with E-state index in [1.165, 1.54) is 0 Å². The van der Waals surface area contributed by atoms with Gasteiger partial charge in [0.2, 0.25) is 16.6 Å². The van der Waals surface area contributed by atoms with E-state index < -0.39 is 16.6 Å². The van der Waals surface area contributed by atoms with Gasteiger partial charge < -0.3 is 8.85 Å². The molecule has 0 N–H and O–H groups in total. The van der Waals surface area contributed by atoms with Crippen LogP contribution in [0.4, 0.5) is 0 Å². The van der Waals surface area contributed by atoms with Crippen molar-refractivity contribution in [2.24, 2.45) is 0 Å².